The van der Waals surface area contributed by atoms with Gasteiger partial charge >= 0.3 is 5.97 Å². The minimum Gasteiger partial charge on any atom is -0.481 e. The lowest BCUT2D eigenvalue weighted by atomic mass is 9.87. The number of nitrogens with one attached hydrogen (secondary N) is 1. The molecule has 1 amide bonds. The van der Waals surface area contributed by atoms with Gasteiger partial charge in [0.1, 0.15) is 0 Å². The first-order valence-electron chi connectivity index (χ1n) is 7.10. The van der Waals surface area contributed by atoms with Gasteiger partial charge in [-0.3, -0.25) is 9.59 Å². The van der Waals surface area contributed by atoms with Crippen LogP contribution in [0.1, 0.15) is 40.0 Å². The maximum absolute atomic E-state index is 11.5. The van der Waals surface area contributed by atoms with Gasteiger partial charge in [0.05, 0.1) is 25.2 Å². The Kier molecular flexibility index (Phi) is 5.95. The van der Waals surface area contributed by atoms with Crippen LogP contribution in [-0.4, -0.2) is 42.3 Å². The van der Waals surface area contributed by atoms with E-state index in [4.69, 9.17) is 15.6 Å². The van der Waals surface area contributed by atoms with Crippen molar-refractivity contribution in [2.24, 2.45) is 17.1 Å². The summed E-state index contributed by atoms with van der Waals surface area (Å²) in [6, 6.07) is -1.01. The molecule has 0 spiro atoms. The first-order chi connectivity index (χ1) is 9.24. The van der Waals surface area contributed by atoms with E-state index in [1.807, 2.05) is 0 Å². The molecule has 1 aliphatic rings. The summed E-state index contributed by atoms with van der Waals surface area (Å²) in [5.41, 5.74) is 5.62. The van der Waals surface area contributed by atoms with E-state index in [1.54, 1.807) is 0 Å². The number of aliphatic carboxylic acids is 1. The molecule has 1 saturated carbocycles. The Morgan fingerprint density at radius 1 is 1.50 bits per heavy atom. The van der Waals surface area contributed by atoms with Crippen LogP contribution in [0, 0.1) is 11.3 Å². The summed E-state index contributed by atoms with van der Waals surface area (Å²) in [5.74, 6) is -1.00. The van der Waals surface area contributed by atoms with Crippen molar-refractivity contribution in [1.82, 2.24) is 5.32 Å². The van der Waals surface area contributed by atoms with Crippen molar-refractivity contribution in [1.29, 1.82) is 0 Å². The van der Waals surface area contributed by atoms with Gasteiger partial charge in [-0.1, -0.05) is 20.8 Å². The van der Waals surface area contributed by atoms with Crippen molar-refractivity contribution in [3.8, 4) is 0 Å². The topological polar surface area (TPSA) is 102 Å². The van der Waals surface area contributed by atoms with E-state index >= 15 is 0 Å². The van der Waals surface area contributed by atoms with E-state index in [2.05, 4.69) is 26.1 Å². The van der Waals surface area contributed by atoms with Gasteiger partial charge in [-0.05, 0) is 24.2 Å². The second-order valence-corrected chi connectivity index (χ2v) is 6.29. The molecule has 1 fully saturated rings. The molecule has 2 unspecified atom stereocenters. The third-order valence-electron chi connectivity index (χ3n) is 3.96. The fourth-order valence-corrected chi connectivity index (χ4v) is 2.83. The fraction of sp³-hybridized carbons (Fsp3) is 0.857. The number of carboxylic acid groups (broad SMARTS) is 1. The molecule has 0 bridgehead atoms. The van der Waals surface area contributed by atoms with Gasteiger partial charge in [-0.25, -0.2) is 0 Å². The van der Waals surface area contributed by atoms with E-state index in [0.717, 1.165) is 12.8 Å². The van der Waals surface area contributed by atoms with Crippen molar-refractivity contribution < 1.29 is 19.4 Å². The van der Waals surface area contributed by atoms with Crippen LogP contribution in [-0.2, 0) is 14.3 Å². The molecule has 6 heteroatoms. The van der Waals surface area contributed by atoms with Crippen LogP contribution in [0.2, 0.25) is 0 Å². The van der Waals surface area contributed by atoms with E-state index in [9.17, 15) is 9.59 Å². The van der Waals surface area contributed by atoms with Gasteiger partial charge in [-0.15, -0.1) is 0 Å². The summed E-state index contributed by atoms with van der Waals surface area (Å²) in [7, 11) is 0. The molecule has 3 atom stereocenters. The highest BCUT2D eigenvalue weighted by Gasteiger charge is 2.40. The SMILES string of the molecule is CC1CCC(C)(C)C1OCCNC(=O)[C@@H](N)CC(=O)O. The molecule has 6 nitrogen and oxygen atoms in total. The van der Waals surface area contributed by atoms with Crippen LogP contribution < -0.4 is 11.1 Å². The number of hydrogen-bond donors (Lipinski definition) is 3. The molecule has 116 valence electrons. The Bertz CT molecular complexity index is 357. The number of carboxylic acids is 1. The lowest BCUT2D eigenvalue weighted by molar-refractivity contribution is -0.139. The van der Waals surface area contributed by atoms with Gasteiger partial charge < -0.3 is 20.9 Å². The zero-order valence-corrected chi connectivity index (χ0v) is 12.5. The minimum absolute atomic E-state index is 0.170. The highest BCUT2D eigenvalue weighted by atomic mass is 16.5. The average molecular weight is 286 g/mol. The average Bonchev–Trinajstić information content (AvgIpc) is 2.59. The predicted molar refractivity (Wildman–Crippen MR) is 75.2 cm³/mol. The molecule has 0 heterocycles. The lowest BCUT2D eigenvalue weighted by Crippen LogP contribution is -2.43. The van der Waals surface area contributed by atoms with Crippen molar-refractivity contribution in [3.05, 3.63) is 0 Å². The summed E-state index contributed by atoms with van der Waals surface area (Å²) in [4.78, 5) is 22.0. The summed E-state index contributed by atoms with van der Waals surface area (Å²) >= 11 is 0. The third-order valence-corrected chi connectivity index (χ3v) is 3.96. The van der Waals surface area contributed by atoms with Crippen LogP contribution in [0.25, 0.3) is 0 Å². The Morgan fingerprint density at radius 3 is 2.65 bits per heavy atom. The molecular formula is C14H26N2O4. The molecule has 20 heavy (non-hydrogen) atoms. The van der Waals surface area contributed by atoms with Gasteiger partial charge in [0.25, 0.3) is 0 Å². The van der Waals surface area contributed by atoms with Gasteiger partial charge in [-0.2, -0.15) is 0 Å². The maximum Gasteiger partial charge on any atom is 0.305 e. The van der Waals surface area contributed by atoms with Gasteiger partial charge in [0, 0.05) is 6.54 Å². The summed E-state index contributed by atoms with van der Waals surface area (Å²) in [5, 5.41) is 11.2. The lowest BCUT2D eigenvalue weighted by Gasteiger charge is -2.29. The molecule has 0 aromatic carbocycles. The van der Waals surface area contributed by atoms with Crippen molar-refractivity contribution in [3.63, 3.8) is 0 Å². The highest BCUT2D eigenvalue weighted by Crippen LogP contribution is 2.42. The number of rotatable bonds is 7. The Morgan fingerprint density at radius 2 is 2.15 bits per heavy atom. The summed E-state index contributed by atoms with van der Waals surface area (Å²) < 4.78 is 5.87. The van der Waals surface area contributed by atoms with Crippen LogP contribution in [0.4, 0.5) is 0 Å². The van der Waals surface area contributed by atoms with Crippen molar-refractivity contribution in [2.75, 3.05) is 13.2 Å². The first-order valence-corrected chi connectivity index (χ1v) is 7.10. The molecule has 0 saturated heterocycles. The van der Waals surface area contributed by atoms with Crippen molar-refractivity contribution in [2.45, 2.75) is 52.2 Å². The monoisotopic (exact) mass is 286 g/mol. The molecule has 0 aliphatic heterocycles. The molecule has 1 rings (SSSR count). The molecule has 1 aliphatic carbocycles. The Hall–Kier alpha value is -1.14. The third kappa shape index (κ3) is 4.76. The van der Waals surface area contributed by atoms with Gasteiger partial charge in [0.15, 0.2) is 0 Å². The predicted octanol–water partition coefficient (Wildman–Crippen LogP) is 0.746. The van der Waals surface area contributed by atoms with Crippen LogP contribution >= 0.6 is 0 Å². The fourth-order valence-electron chi connectivity index (χ4n) is 2.83. The minimum atomic E-state index is -1.08. The van der Waals surface area contributed by atoms with E-state index in [1.165, 1.54) is 0 Å². The maximum atomic E-state index is 11.5. The van der Waals surface area contributed by atoms with E-state index < -0.39 is 17.9 Å². The quantitative estimate of drug-likeness (QED) is 0.599. The zero-order chi connectivity index (χ0) is 15.3. The number of carbonyl (C=O) groups excluding carboxylic acids is 1. The van der Waals surface area contributed by atoms with Crippen LogP contribution in [0.3, 0.4) is 0 Å². The molecule has 0 aromatic rings. The first kappa shape index (κ1) is 16.9. The largest absolute Gasteiger partial charge is 0.481 e. The zero-order valence-electron chi connectivity index (χ0n) is 12.5. The summed E-state index contributed by atoms with van der Waals surface area (Å²) in [6.45, 7) is 7.35. The number of hydrogen-bond acceptors (Lipinski definition) is 4. The molecule has 4 N–H and O–H groups in total. The second kappa shape index (κ2) is 7.04. The second-order valence-electron chi connectivity index (χ2n) is 6.29. The summed E-state index contributed by atoms with van der Waals surface area (Å²) in [6.07, 6.45) is 2.15. The normalized spacial score (nSPS) is 26.2. The number of nitrogens with two attached hydrogens (primary N) is 1. The van der Waals surface area contributed by atoms with E-state index in [-0.39, 0.29) is 17.9 Å². The Labute approximate surface area is 120 Å². The van der Waals surface area contributed by atoms with Crippen LogP contribution in [0.5, 0.6) is 0 Å². The van der Waals surface area contributed by atoms with Gasteiger partial charge in [0.2, 0.25) is 5.91 Å². The smallest absolute Gasteiger partial charge is 0.305 e. The van der Waals surface area contributed by atoms with Crippen LogP contribution in [0.15, 0.2) is 0 Å². The molecule has 0 radical (unpaired) electrons. The molecular weight excluding hydrogens is 260 g/mol. The highest BCUT2D eigenvalue weighted by molar-refractivity contribution is 5.85. The standard InChI is InChI=1S/C14H26N2O4/c1-9-4-5-14(2,3)12(9)20-7-6-16-13(19)10(15)8-11(17)18/h9-10,12H,4-8,15H2,1-3H3,(H,16,19)(H,17,18)/t9?,10-,12?/m0/s1. The number of amides is 1. The van der Waals surface area contributed by atoms with Crippen molar-refractivity contribution >= 4 is 11.9 Å². The number of carbonyl (C=O) groups is 2. The van der Waals surface area contributed by atoms with E-state index in [0.29, 0.717) is 19.1 Å². The number of ether oxygens (including phenoxy) is 1. The Balaban J connectivity index is 2.25. The molecule has 0 aromatic heterocycles.